The summed E-state index contributed by atoms with van der Waals surface area (Å²) in [6.45, 7) is 0.333. The van der Waals surface area contributed by atoms with Crippen LogP contribution in [-0.2, 0) is 6.54 Å². The number of halogens is 2. The van der Waals surface area contributed by atoms with Crippen LogP contribution in [0.4, 0.5) is 4.39 Å². The first kappa shape index (κ1) is 11.0. The van der Waals surface area contributed by atoms with Crippen LogP contribution in [0.25, 0.3) is 11.1 Å². The topological polar surface area (TPSA) is 38.9 Å². The van der Waals surface area contributed by atoms with Crippen LogP contribution in [0.3, 0.4) is 0 Å². The van der Waals surface area contributed by atoms with Crippen molar-refractivity contribution in [1.82, 2.24) is 4.98 Å². The van der Waals surface area contributed by atoms with E-state index in [4.69, 9.17) is 17.3 Å². The summed E-state index contributed by atoms with van der Waals surface area (Å²) in [5.74, 6) is -0.354. The predicted octanol–water partition coefficient (Wildman–Crippen LogP) is 3.00. The van der Waals surface area contributed by atoms with E-state index >= 15 is 0 Å². The number of hydrogen-bond acceptors (Lipinski definition) is 2. The first-order valence-electron chi connectivity index (χ1n) is 4.80. The Hall–Kier alpha value is -1.45. The highest BCUT2D eigenvalue weighted by Gasteiger charge is 2.06. The van der Waals surface area contributed by atoms with Gasteiger partial charge in [0.25, 0.3) is 0 Å². The van der Waals surface area contributed by atoms with Gasteiger partial charge >= 0.3 is 0 Å². The van der Waals surface area contributed by atoms with Gasteiger partial charge in [0.05, 0.1) is 6.20 Å². The normalized spacial score (nSPS) is 10.4. The van der Waals surface area contributed by atoms with Crippen LogP contribution in [0.15, 0.2) is 36.7 Å². The Morgan fingerprint density at radius 3 is 2.81 bits per heavy atom. The average molecular weight is 237 g/mol. The summed E-state index contributed by atoms with van der Waals surface area (Å²) in [5, 5.41) is 0.598. The summed E-state index contributed by atoms with van der Waals surface area (Å²) in [4.78, 5) is 3.70. The lowest BCUT2D eigenvalue weighted by atomic mass is 10.0. The number of nitrogens with two attached hydrogens (primary N) is 1. The highest BCUT2D eigenvalue weighted by molar-refractivity contribution is 6.31. The van der Waals surface area contributed by atoms with E-state index < -0.39 is 0 Å². The second-order valence-electron chi connectivity index (χ2n) is 3.37. The van der Waals surface area contributed by atoms with Gasteiger partial charge in [-0.1, -0.05) is 17.7 Å². The Labute approximate surface area is 97.9 Å². The Bertz CT molecular complexity index is 514. The van der Waals surface area contributed by atoms with E-state index in [1.807, 2.05) is 0 Å². The summed E-state index contributed by atoms with van der Waals surface area (Å²) in [5.41, 5.74) is 7.60. The predicted molar refractivity (Wildman–Crippen MR) is 62.5 cm³/mol. The molecule has 0 amide bonds. The van der Waals surface area contributed by atoms with Gasteiger partial charge in [-0.05, 0) is 29.3 Å². The monoisotopic (exact) mass is 236 g/mol. The quantitative estimate of drug-likeness (QED) is 0.871. The molecule has 1 aromatic heterocycles. The molecule has 0 saturated carbocycles. The van der Waals surface area contributed by atoms with Crippen molar-refractivity contribution in [3.05, 3.63) is 53.1 Å². The number of hydrogen-bond donors (Lipinski definition) is 1. The SMILES string of the molecule is NCc1cc(-c2ccncc2F)ccc1Cl. The summed E-state index contributed by atoms with van der Waals surface area (Å²) in [7, 11) is 0. The van der Waals surface area contributed by atoms with Crippen LogP contribution in [0.2, 0.25) is 5.02 Å². The van der Waals surface area contributed by atoms with Gasteiger partial charge in [-0.15, -0.1) is 0 Å². The molecule has 82 valence electrons. The van der Waals surface area contributed by atoms with E-state index in [2.05, 4.69) is 4.98 Å². The van der Waals surface area contributed by atoms with Crippen molar-refractivity contribution in [3.63, 3.8) is 0 Å². The van der Waals surface area contributed by atoms with Gasteiger partial charge in [0.2, 0.25) is 0 Å². The fourth-order valence-electron chi connectivity index (χ4n) is 1.51. The van der Waals surface area contributed by atoms with Gasteiger partial charge in [-0.3, -0.25) is 4.98 Å². The molecular weight excluding hydrogens is 227 g/mol. The van der Waals surface area contributed by atoms with Crippen LogP contribution in [0, 0.1) is 5.82 Å². The van der Waals surface area contributed by atoms with Gasteiger partial charge in [0, 0.05) is 23.3 Å². The maximum absolute atomic E-state index is 13.5. The summed E-state index contributed by atoms with van der Waals surface area (Å²) in [6, 6.07) is 6.90. The lowest BCUT2D eigenvalue weighted by Crippen LogP contribution is -1.97. The zero-order valence-corrected chi connectivity index (χ0v) is 9.21. The zero-order chi connectivity index (χ0) is 11.5. The largest absolute Gasteiger partial charge is 0.326 e. The zero-order valence-electron chi connectivity index (χ0n) is 8.45. The molecule has 16 heavy (non-hydrogen) atoms. The molecule has 2 N–H and O–H groups in total. The second kappa shape index (κ2) is 4.60. The number of nitrogens with zero attached hydrogens (tertiary/aromatic N) is 1. The summed E-state index contributed by atoms with van der Waals surface area (Å²) in [6.07, 6.45) is 2.74. The van der Waals surface area contributed by atoms with Gasteiger partial charge in [0.15, 0.2) is 0 Å². The molecule has 4 heteroatoms. The molecule has 0 aliphatic rings. The molecule has 0 fully saturated rings. The standard InChI is InChI=1S/C12H10ClFN2/c13-11-2-1-8(5-9(11)6-15)10-3-4-16-7-12(10)14/h1-5,7H,6,15H2. The van der Waals surface area contributed by atoms with Gasteiger partial charge in [0.1, 0.15) is 5.82 Å². The minimum atomic E-state index is -0.354. The van der Waals surface area contributed by atoms with Gasteiger partial charge in [-0.25, -0.2) is 4.39 Å². The van der Waals surface area contributed by atoms with E-state index in [-0.39, 0.29) is 5.82 Å². The third-order valence-corrected chi connectivity index (χ3v) is 2.72. The smallest absolute Gasteiger partial charge is 0.149 e. The maximum Gasteiger partial charge on any atom is 0.149 e. The minimum absolute atomic E-state index is 0.333. The molecule has 2 aromatic rings. The van der Waals surface area contributed by atoms with E-state index in [1.165, 1.54) is 6.20 Å². The molecule has 1 heterocycles. The molecule has 0 spiro atoms. The Morgan fingerprint density at radius 2 is 2.12 bits per heavy atom. The van der Waals surface area contributed by atoms with Crippen molar-refractivity contribution in [1.29, 1.82) is 0 Å². The summed E-state index contributed by atoms with van der Waals surface area (Å²) < 4.78 is 13.5. The van der Waals surface area contributed by atoms with Crippen LogP contribution >= 0.6 is 11.6 Å². The van der Waals surface area contributed by atoms with Crippen molar-refractivity contribution >= 4 is 11.6 Å². The summed E-state index contributed by atoms with van der Waals surface area (Å²) >= 11 is 5.94. The lowest BCUT2D eigenvalue weighted by molar-refractivity contribution is 0.625. The number of aromatic nitrogens is 1. The molecule has 2 rings (SSSR count). The van der Waals surface area contributed by atoms with Crippen LogP contribution in [0.5, 0.6) is 0 Å². The van der Waals surface area contributed by atoms with Crippen LogP contribution in [0.1, 0.15) is 5.56 Å². The maximum atomic E-state index is 13.5. The minimum Gasteiger partial charge on any atom is -0.326 e. The highest BCUT2D eigenvalue weighted by Crippen LogP contribution is 2.26. The first-order chi connectivity index (χ1) is 7.72. The molecule has 0 unspecified atom stereocenters. The average Bonchev–Trinajstić information content (AvgIpc) is 2.31. The molecule has 0 atom stereocenters. The van der Waals surface area contributed by atoms with E-state index in [1.54, 1.807) is 30.5 Å². The molecule has 1 aromatic carbocycles. The number of rotatable bonds is 2. The van der Waals surface area contributed by atoms with Crippen molar-refractivity contribution in [3.8, 4) is 11.1 Å². The highest BCUT2D eigenvalue weighted by atomic mass is 35.5. The molecule has 0 radical (unpaired) electrons. The van der Waals surface area contributed by atoms with Gasteiger partial charge in [-0.2, -0.15) is 0 Å². The van der Waals surface area contributed by atoms with E-state index in [9.17, 15) is 4.39 Å². The van der Waals surface area contributed by atoms with Crippen molar-refractivity contribution in [2.24, 2.45) is 5.73 Å². The third kappa shape index (κ3) is 2.05. The van der Waals surface area contributed by atoms with E-state index in [0.29, 0.717) is 17.1 Å². The van der Waals surface area contributed by atoms with E-state index in [0.717, 1.165) is 11.1 Å². The Kier molecular flexibility index (Phi) is 3.17. The fraction of sp³-hybridized carbons (Fsp3) is 0.0833. The molecule has 0 aliphatic heterocycles. The lowest BCUT2D eigenvalue weighted by Gasteiger charge is -2.06. The van der Waals surface area contributed by atoms with Crippen molar-refractivity contribution in [2.45, 2.75) is 6.54 Å². The molecular formula is C12H10ClFN2. The molecule has 0 saturated heterocycles. The Morgan fingerprint density at radius 1 is 1.31 bits per heavy atom. The van der Waals surface area contributed by atoms with Crippen molar-refractivity contribution < 1.29 is 4.39 Å². The second-order valence-corrected chi connectivity index (χ2v) is 3.77. The Balaban J connectivity index is 2.53. The third-order valence-electron chi connectivity index (χ3n) is 2.35. The molecule has 0 aliphatic carbocycles. The van der Waals surface area contributed by atoms with Gasteiger partial charge < -0.3 is 5.73 Å². The van der Waals surface area contributed by atoms with Crippen molar-refractivity contribution in [2.75, 3.05) is 0 Å². The number of benzene rings is 1. The molecule has 2 nitrogen and oxygen atoms in total. The molecule has 0 bridgehead atoms. The first-order valence-corrected chi connectivity index (χ1v) is 5.18. The fourth-order valence-corrected chi connectivity index (χ4v) is 1.70. The van der Waals surface area contributed by atoms with Crippen LogP contribution < -0.4 is 5.73 Å². The number of pyridine rings is 1. The van der Waals surface area contributed by atoms with Crippen LogP contribution in [-0.4, -0.2) is 4.98 Å².